The van der Waals surface area contributed by atoms with Gasteiger partial charge in [-0.05, 0) is 83.3 Å². The van der Waals surface area contributed by atoms with Crippen molar-refractivity contribution in [3.8, 4) is 11.1 Å². The Balaban J connectivity index is 2.00. The average Bonchev–Trinajstić information content (AvgIpc) is 3.06. The Bertz CT molecular complexity index is 1200. The van der Waals surface area contributed by atoms with Crippen LogP contribution in [0.2, 0.25) is 0 Å². The van der Waals surface area contributed by atoms with Crippen LogP contribution >= 0.6 is 31.9 Å². The lowest BCUT2D eigenvalue weighted by atomic mass is 9.66. The van der Waals surface area contributed by atoms with Crippen LogP contribution in [0.5, 0.6) is 0 Å². The number of rotatable bonds is 2. The fourth-order valence-corrected chi connectivity index (χ4v) is 5.81. The second-order valence-electron chi connectivity index (χ2n) is 8.69. The molecule has 0 unspecified atom stereocenters. The molecule has 5 rings (SSSR count). The van der Waals surface area contributed by atoms with E-state index < -0.39 is 0 Å². The van der Waals surface area contributed by atoms with Crippen molar-refractivity contribution in [1.29, 1.82) is 0 Å². The van der Waals surface area contributed by atoms with Gasteiger partial charge in [-0.25, -0.2) is 0 Å². The highest BCUT2D eigenvalue weighted by molar-refractivity contribution is 9.10. The second-order valence-corrected chi connectivity index (χ2v) is 10.3. The largest absolute Gasteiger partial charge is 0.0713 e. The Hall–Kier alpha value is -2.16. The third-order valence-electron chi connectivity index (χ3n) is 6.69. The van der Waals surface area contributed by atoms with Crippen LogP contribution in [0.15, 0.2) is 81.7 Å². The van der Waals surface area contributed by atoms with Crippen molar-refractivity contribution in [3.05, 3.63) is 126 Å². The molecule has 1 aliphatic carbocycles. The summed E-state index contributed by atoms with van der Waals surface area (Å²) in [6.07, 6.45) is 0. The van der Waals surface area contributed by atoms with Gasteiger partial charge in [0.05, 0.1) is 5.41 Å². The third-order valence-corrected chi connectivity index (χ3v) is 9.19. The molecule has 2 heteroatoms. The van der Waals surface area contributed by atoms with Crippen molar-refractivity contribution in [2.75, 3.05) is 0 Å². The molecule has 0 amide bonds. The van der Waals surface area contributed by atoms with Crippen molar-refractivity contribution in [3.63, 3.8) is 0 Å². The zero-order chi connectivity index (χ0) is 21.9. The SMILES string of the molecule is Cc1cc(C2(c3cc(C)c(Br)c(C)c3)c3ccccc3-c3ccccc32)cc(C)c1Br. The van der Waals surface area contributed by atoms with Gasteiger partial charge in [0.2, 0.25) is 0 Å². The van der Waals surface area contributed by atoms with Crippen LogP contribution in [-0.2, 0) is 5.41 Å². The molecule has 4 aromatic carbocycles. The number of halogens is 2. The van der Waals surface area contributed by atoms with E-state index in [-0.39, 0.29) is 5.41 Å². The van der Waals surface area contributed by atoms with E-state index in [0.29, 0.717) is 0 Å². The minimum atomic E-state index is -0.348. The number of benzene rings is 4. The molecule has 154 valence electrons. The summed E-state index contributed by atoms with van der Waals surface area (Å²) in [4.78, 5) is 0. The van der Waals surface area contributed by atoms with E-state index in [1.165, 1.54) is 64.6 Å². The zero-order valence-electron chi connectivity index (χ0n) is 18.2. The molecule has 31 heavy (non-hydrogen) atoms. The fraction of sp³-hybridized carbons (Fsp3) is 0.172. The van der Waals surface area contributed by atoms with Gasteiger partial charge in [0.25, 0.3) is 0 Å². The van der Waals surface area contributed by atoms with Crippen LogP contribution in [0.3, 0.4) is 0 Å². The molecule has 1 aliphatic rings. The van der Waals surface area contributed by atoms with Gasteiger partial charge >= 0.3 is 0 Å². The summed E-state index contributed by atoms with van der Waals surface area (Å²) in [5.74, 6) is 0. The van der Waals surface area contributed by atoms with Gasteiger partial charge in [-0.3, -0.25) is 0 Å². The number of hydrogen-bond donors (Lipinski definition) is 0. The predicted molar refractivity (Wildman–Crippen MR) is 138 cm³/mol. The summed E-state index contributed by atoms with van der Waals surface area (Å²) in [5, 5.41) is 0. The summed E-state index contributed by atoms with van der Waals surface area (Å²) in [6.45, 7) is 8.77. The molecular formula is C29H24Br2. The molecule has 0 fully saturated rings. The lowest BCUT2D eigenvalue weighted by Crippen LogP contribution is -2.29. The summed E-state index contributed by atoms with van der Waals surface area (Å²) in [6, 6.07) is 27.3. The van der Waals surface area contributed by atoms with E-state index in [9.17, 15) is 0 Å². The summed E-state index contributed by atoms with van der Waals surface area (Å²) < 4.78 is 2.38. The average molecular weight is 532 g/mol. The van der Waals surface area contributed by atoms with Gasteiger partial charge in [0.15, 0.2) is 0 Å². The van der Waals surface area contributed by atoms with Gasteiger partial charge in [0, 0.05) is 8.95 Å². The molecule has 0 bridgehead atoms. The normalized spacial score (nSPS) is 13.7. The van der Waals surface area contributed by atoms with Gasteiger partial charge < -0.3 is 0 Å². The van der Waals surface area contributed by atoms with Gasteiger partial charge in [0.1, 0.15) is 0 Å². The molecule has 4 aromatic rings. The highest BCUT2D eigenvalue weighted by Crippen LogP contribution is 2.56. The Morgan fingerprint density at radius 3 is 1.19 bits per heavy atom. The van der Waals surface area contributed by atoms with E-state index in [4.69, 9.17) is 0 Å². The van der Waals surface area contributed by atoms with Crippen LogP contribution in [0, 0.1) is 27.7 Å². The lowest BCUT2D eigenvalue weighted by Gasteiger charge is -2.35. The quantitative estimate of drug-likeness (QED) is 0.213. The second kappa shape index (κ2) is 7.46. The lowest BCUT2D eigenvalue weighted by molar-refractivity contribution is 0.762. The number of aryl methyl sites for hydroxylation is 4. The molecular weight excluding hydrogens is 508 g/mol. The first kappa shape index (κ1) is 20.7. The molecule has 0 N–H and O–H groups in total. The maximum absolute atomic E-state index is 3.79. The van der Waals surface area contributed by atoms with Gasteiger partial charge in [-0.15, -0.1) is 0 Å². The maximum atomic E-state index is 3.79. The molecule has 0 saturated carbocycles. The predicted octanol–water partition coefficient (Wildman–Crippen LogP) is 8.81. The van der Waals surface area contributed by atoms with Crippen molar-refractivity contribution < 1.29 is 0 Å². The third kappa shape index (κ3) is 2.92. The van der Waals surface area contributed by atoms with Crippen molar-refractivity contribution >= 4 is 31.9 Å². The van der Waals surface area contributed by atoms with E-state index in [0.717, 1.165) is 0 Å². The molecule has 0 radical (unpaired) electrons. The number of fused-ring (bicyclic) bond motifs is 3. The fourth-order valence-electron chi connectivity index (χ4n) is 5.35. The summed E-state index contributed by atoms with van der Waals surface area (Å²) in [7, 11) is 0. The molecule has 0 aromatic heterocycles. The Morgan fingerprint density at radius 1 is 0.516 bits per heavy atom. The van der Waals surface area contributed by atoms with Crippen molar-refractivity contribution in [2.24, 2.45) is 0 Å². The van der Waals surface area contributed by atoms with Crippen LogP contribution in [0.1, 0.15) is 44.5 Å². The van der Waals surface area contributed by atoms with Crippen LogP contribution in [0.25, 0.3) is 11.1 Å². The minimum Gasteiger partial charge on any atom is -0.0619 e. The van der Waals surface area contributed by atoms with Crippen molar-refractivity contribution in [1.82, 2.24) is 0 Å². The van der Waals surface area contributed by atoms with Crippen LogP contribution < -0.4 is 0 Å². The molecule has 0 heterocycles. The topological polar surface area (TPSA) is 0 Å². The van der Waals surface area contributed by atoms with Crippen LogP contribution in [-0.4, -0.2) is 0 Å². The summed E-state index contributed by atoms with van der Waals surface area (Å²) >= 11 is 7.57. The first-order valence-electron chi connectivity index (χ1n) is 10.6. The van der Waals surface area contributed by atoms with E-state index >= 15 is 0 Å². The summed E-state index contributed by atoms with van der Waals surface area (Å²) in [5.41, 5.74) is 12.7. The van der Waals surface area contributed by atoms with E-state index in [1.54, 1.807) is 0 Å². The Kier molecular flexibility index (Phi) is 4.99. The maximum Gasteiger partial charge on any atom is 0.0713 e. The van der Waals surface area contributed by atoms with Crippen molar-refractivity contribution in [2.45, 2.75) is 33.1 Å². The highest BCUT2D eigenvalue weighted by atomic mass is 79.9. The zero-order valence-corrected chi connectivity index (χ0v) is 21.4. The highest BCUT2D eigenvalue weighted by Gasteiger charge is 2.46. The molecule has 0 aliphatic heterocycles. The van der Waals surface area contributed by atoms with Crippen LogP contribution in [0.4, 0.5) is 0 Å². The van der Waals surface area contributed by atoms with E-state index in [1.807, 2.05) is 0 Å². The molecule has 0 nitrogen and oxygen atoms in total. The minimum absolute atomic E-state index is 0.348. The monoisotopic (exact) mass is 530 g/mol. The smallest absolute Gasteiger partial charge is 0.0619 e. The Morgan fingerprint density at radius 2 is 0.839 bits per heavy atom. The van der Waals surface area contributed by atoms with Gasteiger partial charge in [-0.1, -0.05) is 105 Å². The molecule has 0 atom stereocenters. The molecule has 0 saturated heterocycles. The molecule has 0 spiro atoms. The first-order valence-corrected chi connectivity index (χ1v) is 12.2. The van der Waals surface area contributed by atoms with E-state index in [2.05, 4.69) is 132 Å². The van der Waals surface area contributed by atoms with Gasteiger partial charge in [-0.2, -0.15) is 0 Å². The standard InChI is InChI=1S/C29H24Br2/c1-17-13-21(14-18(2)27(17)30)29(22-15-19(3)28(31)20(4)16-22)25-11-7-5-9-23(25)24-10-6-8-12-26(24)29/h5-16H,1-4H3. The Labute approximate surface area is 201 Å². The number of hydrogen-bond acceptors (Lipinski definition) is 0. The first-order chi connectivity index (χ1) is 14.9.